The molecular weight excluding hydrogens is 430 g/mol. The summed E-state index contributed by atoms with van der Waals surface area (Å²) in [6.07, 6.45) is 10.4. The molecule has 5 aromatic heterocycles. The Kier molecular flexibility index (Phi) is 4.73. The normalized spacial score (nSPS) is 11.2. The van der Waals surface area contributed by atoms with Crippen LogP contribution in [-0.2, 0) is 6.42 Å². The third-order valence-electron chi connectivity index (χ3n) is 5.38. The van der Waals surface area contributed by atoms with E-state index in [0.717, 1.165) is 27.7 Å². The Balaban J connectivity index is 1.25. The first-order valence-corrected chi connectivity index (χ1v) is 10.5. The molecule has 6 rings (SSSR count). The number of aromatic amines is 1. The Morgan fingerprint density at radius 1 is 1.00 bits per heavy atom. The van der Waals surface area contributed by atoms with E-state index in [0.29, 0.717) is 23.0 Å². The van der Waals surface area contributed by atoms with Crippen LogP contribution in [0.15, 0.2) is 79.6 Å². The molecular formula is C24H17N9O. The maximum atomic E-state index is 12.7. The molecule has 0 fully saturated rings. The van der Waals surface area contributed by atoms with Gasteiger partial charge in [0.05, 0.1) is 17.9 Å². The lowest BCUT2D eigenvalue weighted by Gasteiger charge is -2.07. The number of nitrogens with one attached hydrogen (secondary N) is 2. The van der Waals surface area contributed by atoms with Crippen molar-refractivity contribution in [3.8, 4) is 11.4 Å². The molecule has 0 radical (unpaired) electrons. The average molecular weight is 447 g/mol. The lowest BCUT2D eigenvalue weighted by molar-refractivity contribution is 0.0988. The number of hydrogen-bond acceptors (Lipinski definition) is 8. The minimum Gasteiger partial charge on any atom is -0.340 e. The quantitative estimate of drug-likeness (QED) is 0.371. The summed E-state index contributed by atoms with van der Waals surface area (Å²) in [6, 6.07) is 13.3. The highest BCUT2D eigenvalue weighted by atomic mass is 16.1. The van der Waals surface area contributed by atoms with Crippen molar-refractivity contribution < 1.29 is 4.79 Å². The Morgan fingerprint density at radius 3 is 2.88 bits per heavy atom. The zero-order valence-electron chi connectivity index (χ0n) is 17.8. The number of fused-ring (bicyclic) bond motifs is 2. The number of carbonyl (C=O) groups is 1. The van der Waals surface area contributed by atoms with Gasteiger partial charge in [-0.05, 0) is 48.0 Å². The molecule has 0 unspecified atom stereocenters. The Morgan fingerprint density at radius 2 is 1.97 bits per heavy atom. The van der Waals surface area contributed by atoms with E-state index in [4.69, 9.17) is 0 Å². The largest absolute Gasteiger partial charge is 0.340 e. The highest BCUT2D eigenvalue weighted by molar-refractivity contribution is 5.96. The fraction of sp³-hybridized carbons (Fsp3) is 0.0417. The van der Waals surface area contributed by atoms with Gasteiger partial charge in [-0.2, -0.15) is 15.3 Å². The number of carbonyl (C=O) groups excluding carboxylic acids is 1. The molecule has 0 atom stereocenters. The molecule has 0 saturated heterocycles. The number of pyridine rings is 1. The number of ketones is 1. The molecule has 0 aliphatic carbocycles. The van der Waals surface area contributed by atoms with E-state index in [1.165, 1.54) is 0 Å². The summed E-state index contributed by atoms with van der Waals surface area (Å²) in [7, 11) is 0. The van der Waals surface area contributed by atoms with Crippen LogP contribution in [-0.4, -0.2) is 45.5 Å². The molecule has 0 aliphatic heterocycles. The first-order valence-electron chi connectivity index (χ1n) is 10.5. The SMILES string of the molecule is O=C(Cc1ccnnc1)c1cn2ccc(-c3nccc(Nc4ccc5[nH]ncc5c4)n3)cc2n1. The smallest absolute Gasteiger partial charge is 0.187 e. The molecule has 5 heterocycles. The van der Waals surface area contributed by atoms with Crippen LogP contribution in [0.3, 0.4) is 0 Å². The fourth-order valence-electron chi connectivity index (χ4n) is 3.69. The number of imidazole rings is 1. The minimum atomic E-state index is -0.0877. The maximum absolute atomic E-state index is 12.7. The fourth-order valence-corrected chi connectivity index (χ4v) is 3.69. The second-order valence-electron chi connectivity index (χ2n) is 7.72. The molecule has 0 bridgehead atoms. The first-order chi connectivity index (χ1) is 16.7. The summed E-state index contributed by atoms with van der Waals surface area (Å²) >= 11 is 0. The standard InChI is InChI=1S/C24H17N9O/c34-21(9-15-3-7-26-27-12-15)20-14-33-8-5-16(11-23(33)30-20)24-25-6-4-22(31-24)29-18-1-2-19-17(10-18)13-28-32-19/h1-8,10-14H,9H2,(H,28,32)(H,25,29,31). The number of H-pyrrole nitrogens is 1. The van der Waals surface area contributed by atoms with Gasteiger partial charge in [-0.1, -0.05) is 0 Å². The number of rotatable bonds is 6. The van der Waals surface area contributed by atoms with E-state index in [2.05, 4.69) is 40.7 Å². The van der Waals surface area contributed by atoms with Crippen LogP contribution < -0.4 is 5.32 Å². The molecule has 0 aliphatic rings. The number of aromatic nitrogens is 8. The van der Waals surface area contributed by atoms with Crippen molar-refractivity contribution in [1.29, 1.82) is 0 Å². The zero-order valence-corrected chi connectivity index (χ0v) is 17.8. The van der Waals surface area contributed by atoms with Crippen molar-refractivity contribution in [2.45, 2.75) is 6.42 Å². The molecule has 0 saturated carbocycles. The van der Waals surface area contributed by atoms with Crippen LogP contribution in [0.2, 0.25) is 0 Å². The summed E-state index contributed by atoms with van der Waals surface area (Å²) in [4.78, 5) is 26.2. The number of benzene rings is 1. The molecule has 2 N–H and O–H groups in total. The van der Waals surface area contributed by atoms with Crippen LogP contribution in [0.25, 0.3) is 27.9 Å². The predicted molar refractivity (Wildman–Crippen MR) is 126 cm³/mol. The zero-order chi connectivity index (χ0) is 22.9. The van der Waals surface area contributed by atoms with Gasteiger partial charge in [0, 0.05) is 47.8 Å². The van der Waals surface area contributed by atoms with Gasteiger partial charge in [0.15, 0.2) is 11.6 Å². The molecule has 0 spiro atoms. The van der Waals surface area contributed by atoms with Crippen molar-refractivity contribution in [2.75, 3.05) is 5.32 Å². The van der Waals surface area contributed by atoms with Gasteiger partial charge >= 0.3 is 0 Å². The van der Waals surface area contributed by atoms with E-state index in [1.54, 1.807) is 37.1 Å². The molecule has 6 aromatic rings. The van der Waals surface area contributed by atoms with Gasteiger partial charge in [0.25, 0.3) is 0 Å². The molecule has 10 nitrogen and oxygen atoms in total. The number of anilines is 2. The summed E-state index contributed by atoms with van der Waals surface area (Å²) in [5.41, 5.74) is 4.49. The van der Waals surface area contributed by atoms with E-state index in [9.17, 15) is 4.79 Å². The van der Waals surface area contributed by atoms with E-state index in [1.807, 2.05) is 47.0 Å². The van der Waals surface area contributed by atoms with Crippen LogP contribution in [0, 0.1) is 0 Å². The minimum absolute atomic E-state index is 0.0877. The van der Waals surface area contributed by atoms with Gasteiger partial charge < -0.3 is 9.72 Å². The second-order valence-corrected chi connectivity index (χ2v) is 7.72. The second kappa shape index (κ2) is 8.17. The van der Waals surface area contributed by atoms with Crippen LogP contribution >= 0.6 is 0 Å². The highest BCUT2D eigenvalue weighted by Gasteiger charge is 2.13. The van der Waals surface area contributed by atoms with Gasteiger partial charge in [-0.25, -0.2) is 15.0 Å². The molecule has 0 amide bonds. The van der Waals surface area contributed by atoms with Crippen LogP contribution in [0.1, 0.15) is 16.1 Å². The lowest BCUT2D eigenvalue weighted by atomic mass is 10.1. The van der Waals surface area contributed by atoms with E-state index >= 15 is 0 Å². The van der Waals surface area contributed by atoms with Gasteiger partial charge in [0.2, 0.25) is 0 Å². The van der Waals surface area contributed by atoms with Gasteiger partial charge in [-0.15, -0.1) is 0 Å². The first kappa shape index (κ1) is 19.7. The predicted octanol–water partition coefficient (Wildman–Crippen LogP) is 3.63. The maximum Gasteiger partial charge on any atom is 0.187 e. The third kappa shape index (κ3) is 3.84. The molecule has 10 heteroatoms. The van der Waals surface area contributed by atoms with Gasteiger partial charge in [0.1, 0.15) is 17.2 Å². The lowest BCUT2D eigenvalue weighted by Crippen LogP contribution is -2.04. The monoisotopic (exact) mass is 447 g/mol. The van der Waals surface area contributed by atoms with Crippen LogP contribution in [0.5, 0.6) is 0 Å². The highest BCUT2D eigenvalue weighted by Crippen LogP contribution is 2.23. The topological polar surface area (TPSA) is 127 Å². The summed E-state index contributed by atoms with van der Waals surface area (Å²) in [6.45, 7) is 0. The van der Waals surface area contributed by atoms with Crippen molar-refractivity contribution >= 4 is 33.8 Å². The van der Waals surface area contributed by atoms with Crippen molar-refractivity contribution in [2.24, 2.45) is 0 Å². The van der Waals surface area contributed by atoms with Gasteiger partial charge in [-0.3, -0.25) is 9.89 Å². The van der Waals surface area contributed by atoms with Crippen molar-refractivity contribution in [1.82, 2.24) is 39.7 Å². The number of hydrogen-bond donors (Lipinski definition) is 2. The Hall–Kier alpha value is -4.99. The Bertz CT molecular complexity index is 1640. The van der Waals surface area contributed by atoms with E-state index in [-0.39, 0.29) is 12.2 Å². The summed E-state index contributed by atoms with van der Waals surface area (Å²) in [5, 5.41) is 18.9. The Labute approximate surface area is 192 Å². The average Bonchev–Trinajstić information content (AvgIpc) is 3.51. The number of nitrogens with zero attached hydrogens (tertiary/aromatic N) is 7. The molecule has 34 heavy (non-hydrogen) atoms. The van der Waals surface area contributed by atoms with E-state index < -0.39 is 0 Å². The number of Topliss-reactive ketones (excluding diaryl/α,β-unsaturated/α-hetero) is 1. The summed E-state index contributed by atoms with van der Waals surface area (Å²) < 4.78 is 1.81. The molecule has 164 valence electrons. The van der Waals surface area contributed by atoms with Crippen molar-refractivity contribution in [3.05, 3.63) is 90.9 Å². The summed E-state index contributed by atoms with van der Waals surface area (Å²) in [5.74, 6) is 1.13. The molecule has 1 aromatic carbocycles. The third-order valence-corrected chi connectivity index (χ3v) is 5.38. The van der Waals surface area contributed by atoms with Crippen LogP contribution in [0.4, 0.5) is 11.5 Å². The van der Waals surface area contributed by atoms with Crippen molar-refractivity contribution in [3.63, 3.8) is 0 Å².